The molecule has 0 unspecified atom stereocenters. The summed E-state index contributed by atoms with van der Waals surface area (Å²) in [6.45, 7) is 4.52. The second-order valence-electron chi connectivity index (χ2n) is 7.80. The molecule has 2 aliphatic carbocycles. The van der Waals surface area contributed by atoms with Gasteiger partial charge in [-0.25, -0.2) is 0 Å². The fourth-order valence-corrected chi connectivity index (χ4v) is 4.75. The first-order valence-corrected chi connectivity index (χ1v) is 9.49. The zero-order chi connectivity index (χ0) is 15.4. The van der Waals surface area contributed by atoms with E-state index in [0.717, 1.165) is 23.7 Å². The van der Waals surface area contributed by atoms with Gasteiger partial charge in [-0.05, 0) is 80.2 Å². The summed E-state index contributed by atoms with van der Waals surface area (Å²) in [4.78, 5) is 0. The van der Waals surface area contributed by atoms with E-state index in [0.29, 0.717) is 0 Å². The molecule has 0 heteroatoms. The van der Waals surface area contributed by atoms with Gasteiger partial charge < -0.3 is 0 Å². The second-order valence-corrected chi connectivity index (χ2v) is 7.80. The number of allylic oxidation sites excluding steroid dienone is 1. The van der Waals surface area contributed by atoms with Crippen LogP contribution in [0, 0.1) is 17.8 Å². The van der Waals surface area contributed by atoms with Gasteiger partial charge in [-0.15, -0.1) is 0 Å². The van der Waals surface area contributed by atoms with Crippen molar-refractivity contribution < 1.29 is 0 Å². The number of hydrogen-bond acceptors (Lipinski definition) is 0. The zero-order valence-corrected chi connectivity index (χ0v) is 14.4. The van der Waals surface area contributed by atoms with Gasteiger partial charge in [0.2, 0.25) is 0 Å². The van der Waals surface area contributed by atoms with E-state index in [1.54, 1.807) is 5.56 Å². The number of rotatable bonds is 3. The van der Waals surface area contributed by atoms with E-state index >= 15 is 0 Å². The van der Waals surface area contributed by atoms with Crippen LogP contribution in [-0.4, -0.2) is 0 Å². The Morgan fingerprint density at radius 1 is 0.773 bits per heavy atom. The van der Waals surface area contributed by atoms with Crippen LogP contribution in [0.5, 0.6) is 0 Å². The van der Waals surface area contributed by atoms with Crippen molar-refractivity contribution in [3.05, 3.63) is 41.5 Å². The molecule has 3 rings (SSSR count). The first-order chi connectivity index (χ1) is 10.8. The predicted molar refractivity (Wildman–Crippen MR) is 97.0 cm³/mol. The lowest BCUT2D eigenvalue weighted by Crippen LogP contribution is -2.24. The monoisotopic (exact) mass is 296 g/mol. The second kappa shape index (κ2) is 7.49. The summed E-state index contributed by atoms with van der Waals surface area (Å²) in [5.41, 5.74) is 2.90. The van der Waals surface area contributed by atoms with Gasteiger partial charge in [-0.2, -0.15) is 0 Å². The average Bonchev–Trinajstić information content (AvgIpc) is 2.57. The minimum Gasteiger partial charge on any atom is -0.0871 e. The van der Waals surface area contributed by atoms with Gasteiger partial charge in [0.05, 0.1) is 0 Å². The van der Waals surface area contributed by atoms with Gasteiger partial charge in [0.1, 0.15) is 0 Å². The maximum atomic E-state index is 2.44. The number of hydrogen-bond donors (Lipinski definition) is 0. The highest BCUT2D eigenvalue weighted by molar-refractivity contribution is 5.49. The predicted octanol–water partition coefficient (Wildman–Crippen LogP) is 6.82. The molecule has 2 saturated carbocycles. The molecule has 0 aromatic heterocycles. The van der Waals surface area contributed by atoms with Crippen molar-refractivity contribution in [2.45, 2.75) is 71.1 Å². The van der Waals surface area contributed by atoms with Crippen LogP contribution >= 0.6 is 0 Å². The Hall–Kier alpha value is -1.04. The van der Waals surface area contributed by atoms with E-state index in [9.17, 15) is 0 Å². The molecule has 120 valence electrons. The van der Waals surface area contributed by atoms with Crippen molar-refractivity contribution in [3.8, 4) is 0 Å². The summed E-state index contributed by atoms with van der Waals surface area (Å²) in [7, 11) is 0. The lowest BCUT2D eigenvalue weighted by Gasteiger charge is -2.37. The summed E-state index contributed by atoms with van der Waals surface area (Å²) in [6.07, 6.45) is 16.1. The third kappa shape index (κ3) is 3.83. The minimum atomic E-state index is 0.818. The number of benzene rings is 1. The first kappa shape index (κ1) is 15.8. The van der Waals surface area contributed by atoms with Crippen LogP contribution in [0.2, 0.25) is 0 Å². The maximum absolute atomic E-state index is 2.44. The van der Waals surface area contributed by atoms with Crippen LogP contribution in [-0.2, 0) is 0 Å². The average molecular weight is 296 g/mol. The molecule has 0 heterocycles. The van der Waals surface area contributed by atoms with Crippen molar-refractivity contribution in [1.82, 2.24) is 0 Å². The van der Waals surface area contributed by atoms with E-state index in [4.69, 9.17) is 0 Å². The molecule has 1 aromatic carbocycles. The molecule has 0 N–H and O–H groups in total. The molecule has 0 saturated heterocycles. The SMILES string of the molecule is CC=Cc1ccc(C2CCC(C3CCC(C)CC3)CC2)cc1. The third-order valence-electron chi connectivity index (χ3n) is 6.27. The van der Waals surface area contributed by atoms with E-state index in [1.807, 2.05) is 0 Å². The van der Waals surface area contributed by atoms with Gasteiger partial charge in [0.25, 0.3) is 0 Å². The molecule has 0 bridgehead atoms. The molecule has 0 radical (unpaired) electrons. The fourth-order valence-electron chi connectivity index (χ4n) is 4.75. The van der Waals surface area contributed by atoms with Crippen LogP contribution in [0.15, 0.2) is 30.3 Å². The van der Waals surface area contributed by atoms with E-state index < -0.39 is 0 Å². The Morgan fingerprint density at radius 3 is 1.86 bits per heavy atom. The first-order valence-electron chi connectivity index (χ1n) is 9.49. The van der Waals surface area contributed by atoms with Crippen molar-refractivity contribution >= 4 is 6.08 Å². The summed E-state index contributed by atoms with van der Waals surface area (Å²) >= 11 is 0. The Labute approximate surface area is 137 Å². The summed E-state index contributed by atoms with van der Waals surface area (Å²) in [5.74, 6) is 3.89. The van der Waals surface area contributed by atoms with Gasteiger partial charge in [0.15, 0.2) is 0 Å². The minimum absolute atomic E-state index is 0.818. The molecular weight excluding hydrogens is 264 g/mol. The van der Waals surface area contributed by atoms with Crippen LogP contribution < -0.4 is 0 Å². The third-order valence-corrected chi connectivity index (χ3v) is 6.27. The van der Waals surface area contributed by atoms with E-state index in [2.05, 4.69) is 50.3 Å². The lowest BCUT2D eigenvalue weighted by molar-refractivity contribution is 0.165. The molecular formula is C22H32. The molecule has 0 amide bonds. The molecule has 22 heavy (non-hydrogen) atoms. The van der Waals surface area contributed by atoms with Gasteiger partial charge in [-0.1, -0.05) is 56.2 Å². The van der Waals surface area contributed by atoms with Gasteiger partial charge >= 0.3 is 0 Å². The smallest absolute Gasteiger partial charge is 0.0162 e. The van der Waals surface area contributed by atoms with Crippen LogP contribution in [0.4, 0.5) is 0 Å². The Bertz CT molecular complexity index is 465. The Morgan fingerprint density at radius 2 is 1.32 bits per heavy atom. The summed E-state index contributed by atoms with van der Waals surface area (Å²) < 4.78 is 0. The lowest BCUT2D eigenvalue weighted by atomic mass is 9.68. The topological polar surface area (TPSA) is 0 Å². The highest BCUT2D eigenvalue weighted by Gasteiger charge is 2.30. The standard InChI is InChI=1S/C22H32/c1-3-4-18-7-11-20(12-8-18)22-15-13-21(14-16-22)19-9-5-17(2)6-10-19/h3-4,7-8,11-12,17,19,21-22H,5-6,9-10,13-16H2,1-2H3. The normalized spacial score (nSPS) is 33.2. The van der Waals surface area contributed by atoms with Crippen LogP contribution in [0.3, 0.4) is 0 Å². The Balaban J connectivity index is 1.53. The van der Waals surface area contributed by atoms with Crippen LogP contribution in [0.25, 0.3) is 6.08 Å². The molecule has 0 atom stereocenters. The fraction of sp³-hybridized carbons (Fsp3) is 0.636. The molecule has 0 spiro atoms. The van der Waals surface area contributed by atoms with E-state index in [1.165, 1.54) is 56.9 Å². The highest BCUT2D eigenvalue weighted by atomic mass is 14.4. The van der Waals surface area contributed by atoms with Crippen LogP contribution in [0.1, 0.15) is 82.3 Å². The van der Waals surface area contributed by atoms with Crippen molar-refractivity contribution in [3.63, 3.8) is 0 Å². The zero-order valence-electron chi connectivity index (χ0n) is 14.4. The molecule has 0 aliphatic heterocycles. The maximum Gasteiger partial charge on any atom is -0.0162 e. The summed E-state index contributed by atoms with van der Waals surface area (Å²) in [6, 6.07) is 9.29. The molecule has 2 fully saturated rings. The summed E-state index contributed by atoms with van der Waals surface area (Å²) in [5, 5.41) is 0. The molecule has 2 aliphatic rings. The quantitative estimate of drug-likeness (QED) is 0.574. The Kier molecular flexibility index (Phi) is 5.39. The molecule has 1 aromatic rings. The van der Waals surface area contributed by atoms with Crippen molar-refractivity contribution in [2.24, 2.45) is 17.8 Å². The van der Waals surface area contributed by atoms with Crippen molar-refractivity contribution in [1.29, 1.82) is 0 Å². The largest absolute Gasteiger partial charge is 0.0871 e. The highest BCUT2D eigenvalue weighted by Crippen LogP contribution is 2.43. The van der Waals surface area contributed by atoms with Gasteiger partial charge in [0, 0.05) is 0 Å². The van der Waals surface area contributed by atoms with E-state index in [-0.39, 0.29) is 0 Å². The molecule has 0 nitrogen and oxygen atoms in total. The van der Waals surface area contributed by atoms with Crippen molar-refractivity contribution in [2.75, 3.05) is 0 Å². The van der Waals surface area contributed by atoms with Gasteiger partial charge in [-0.3, -0.25) is 0 Å².